The minimum Gasteiger partial charge on any atom is -0.394 e. The van der Waals surface area contributed by atoms with Crippen molar-refractivity contribution in [2.75, 3.05) is 41.4 Å². The molecule has 6 nitrogen and oxygen atoms in total. The molecule has 0 bridgehead atoms. The molecule has 10 heteroatoms. The largest absolute Gasteiger partial charge is 0.394 e. The first-order valence-electron chi connectivity index (χ1n) is 6.58. The first-order chi connectivity index (χ1) is 10.3. The van der Waals surface area contributed by atoms with Crippen LogP contribution in [0.1, 0.15) is 0 Å². The lowest BCUT2D eigenvalue weighted by atomic mass is 10.3. The van der Waals surface area contributed by atoms with Crippen molar-refractivity contribution in [2.45, 2.75) is 23.1 Å². The summed E-state index contributed by atoms with van der Waals surface area (Å²) in [5.41, 5.74) is -0.941. The van der Waals surface area contributed by atoms with Crippen molar-refractivity contribution in [3.05, 3.63) is 0 Å². The molecule has 128 valence electrons. The lowest BCUT2D eigenvalue weighted by Crippen LogP contribution is -2.50. The third-order valence-electron chi connectivity index (χ3n) is 2.75. The topological polar surface area (TPSA) is 65.4 Å². The molecular weight excluding hydrogens is 364 g/mol. The van der Waals surface area contributed by atoms with Crippen LogP contribution in [-0.2, 0) is 9.47 Å². The molecule has 0 aromatic rings. The Morgan fingerprint density at radius 3 is 1.41 bits per heavy atom. The van der Waals surface area contributed by atoms with Gasteiger partial charge >= 0.3 is 0 Å². The van der Waals surface area contributed by atoms with Gasteiger partial charge in [0.1, 0.15) is 31.7 Å². The third kappa shape index (κ3) is 5.75. The van der Waals surface area contributed by atoms with Crippen LogP contribution >= 0.6 is 48.0 Å². The summed E-state index contributed by atoms with van der Waals surface area (Å²) in [6.07, 6.45) is -1.07. The summed E-state index contributed by atoms with van der Waals surface area (Å²) in [6, 6.07) is 0. The molecule has 1 heterocycles. The summed E-state index contributed by atoms with van der Waals surface area (Å²) in [5, 5.41) is 19.1. The lowest BCUT2D eigenvalue weighted by molar-refractivity contribution is -0.181. The Hall–Kier alpha value is 0.320. The standard InChI is InChI=1S/C12H22N2O4S4/c1-13(2)11(19)21-9-7(5-15)18-10(8(6-16)17-9)22-12(20)14(3)4/h7-10,15-16H,5-6H2,1-4H3/t7-,8+,9-,10-/m1/s1. The fourth-order valence-electron chi connectivity index (χ4n) is 1.52. The fourth-order valence-corrected chi connectivity index (χ4v) is 3.91. The SMILES string of the molecule is CN(C)C(=S)S[C@H]1O[C@H](CO)[C@@H](SC(=S)N(C)C)O[C@H]1CO. The zero-order valence-electron chi connectivity index (χ0n) is 13.0. The highest BCUT2D eigenvalue weighted by Gasteiger charge is 2.40. The Bertz CT molecular complexity index is 361. The van der Waals surface area contributed by atoms with Gasteiger partial charge < -0.3 is 29.5 Å². The van der Waals surface area contributed by atoms with Gasteiger partial charge in [-0.25, -0.2) is 0 Å². The van der Waals surface area contributed by atoms with E-state index in [1.165, 1.54) is 23.5 Å². The maximum atomic E-state index is 9.54. The first-order valence-corrected chi connectivity index (χ1v) is 9.16. The van der Waals surface area contributed by atoms with Gasteiger partial charge in [0.05, 0.1) is 13.2 Å². The predicted octanol–water partition coefficient (Wildman–Crippen LogP) is 0.567. The van der Waals surface area contributed by atoms with Crippen molar-refractivity contribution in [1.29, 1.82) is 0 Å². The van der Waals surface area contributed by atoms with E-state index >= 15 is 0 Å². The summed E-state index contributed by atoms with van der Waals surface area (Å²) in [6.45, 7) is -0.394. The minimum atomic E-state index is -0.534. The normalized spacial score (nSPS) is 28.3. The Labute approximate surface area is 150 Å². The van der Waals surface area contributed by atoms with E-state index in [2.05, 4.69) is 0 Å². The van der Waals surface area contributed by atoms with Gasteiger partial charge in [-0.2, -0.15) is 0 Å². The second kappa shape index (κ2) is 9.58. The van der Waals surface area contributed by atoms with Gasteiger partial charge in [-0.1, -0.05) is 48.0 Å². The van der Waals surface area contributed by atoms with Crippen LogP contribution in [0.5, 0.6) is 0 Å². The van der Waals surface area contributed by atoms with Crippen LogP contribution in [0.3, 0.4) is 0 Å². The van der Waals surface area contributed by atoms with Crippen molar-refractivity contribution < 1.29 is 19.7 Å². The molecule has 0 aromatic carbocycles. The van der Waals surface area contributed by atoms with Gasteiger partial charge in [0.25, 0.3) is 0 Å². The minimum absolute atomic E-state index is 0.197. The zero-order valence-corrected chi connectivity index (χ0v) is 16.2. The van der Waals surface area contributed by atoms with Crippen LogP contribution in [0.2, 0.25) is 0 Å². The molecule has 0 aliphatic carbocycles. The molecule has 1 rings (SSSR count). The maximum Gasteiger partial charge on any atom is 0.139 e. The lowest BCUT2D eigenvalue weighted by Gasteiger charge is -2.40. The fraction of sp³-hybridized carbons (Fsp3) is 0.833. The van der Waals surface area contributed by atoms with Crippen molar-refractivity contribution in [1.82, 2.24) is 9.80 Å². The number of aliphatic hydroxyl groups is 2. The summed E-state index contributed by atoms with van der Waals surface area (Å²) < 4.78 is 13.0. The molecule has 0 radical (unpaired) electrons. The smallest absolute Gasteiger partial charge is 0.139 e. The number of ether oxygens (including phenoxy) is 2. The van der Waals surface area contributed by atoms with Gasteiger partial charge in [-0.15, -0.1) is 0 Å². The number of thiocarbonyl (C=S) groups is 2. The summed E-state index contributed by atoms with van der Waals surface area (Å²) in [7, 11) is 7.35. The summed E-state index contributed by atoms with van der Waals surface area (Å²) in [4.78, 5) is 3.57. The summed E-state index contributed by atoms with van der Waals surface area (Å²) >= 11 is 13.1. The summed E-state index contributed by atoms with van der Waals surface area (Å²) in [5.74, 6) is 0. The number of hydrogen-bond acceptors (Lipinski definition) is 8. The van der Waals surface area contributed by atoms with E-state index in [4.69, 9.17) is 33.9 Å². The van der Waals surface area contributed by atoms with Gasteiger partial charge in [-0.3, -0.25) is 0 Å². The monoisotopic (exact) mass is 386 g/mol. The molecule has 0 amide bonds. The van der Waals surface area contributed by atoms with Crippen molar-refractivity contribution in [3.63, 3.8) is 0 Å². The molecule has 0 spiro atoms. The second-order valence-corrected chi connectivity index (χ2v) is 8.47. The second-order valence-electron chi connectivity index (χ2n) is 5.01. The van der Waals surface area contributed by atoms with E-state index in [1.54, 1.807) is 9.80 Å². The molecular formula is C12H22N2O4S4. The highest BCUT2D eigenvalue weighted by molar-refractivity contribution is 8.23. The number of nitrogens with zero attached hydrogens (tertiary/aromatic N) is 2. The van der Waals surface area contributed by atoms with Crippen LogP contribution in [0.4, 0.5) is 0 Å². The molecule has 0 unspecified atom stereocenters. The van der Waals surface area contributed by atoms with E-state index in [0.29, 0.717) is 8.64 Å². The Balaban J connectivity index is 2.75. The van der Waals surface area contributed by atoms with Crippen molar-refractivity contribution in [3.8, 4) is 0 Å². The molecule has 22 heavy (non-hydrogen) atoms. The van der Waals surface area contributed by atoms with E-state index in [-0.39, 0.29) is 13.2 Å². The van der Waals surface area contributed by atoms with Gasteiger partial charge in [0, 0.05) is 28.2 Å². The van der Waals surface area contributed by atoms with E-state index in [0.717, 1.165) is 0 Å². The van der Waals surface area contributed by atoms with Gasteiger partial charge in [-0.05, 0) is 0 Å². The first kappa shape index (κ1) is 20.4. The highest BCUT2D eigenvalue weighted by Crippen LogP contribution is 2.34. The van der Waals surface area contributed by atoms with Crippen LogP contribution < -0.4 is 0 Å². The quantitative estimate of drug-likeness (QED) is 0.670. The molecule has 1 fully saturated rings. The van der Waals surface area contributed by atoms with E-state index in [1.807, 2.05) is 28.2 Å². The van der Waals surface area contributed by atoms with E-state index < -0.39 is 23.1 Å². The van der Waals surface area contributed by atoms with Crippen LogP contribution in [0.15, 0.2) is 0 Å². The maximum absolute atomic E-state index is 9.54. The molecule has 1 aliphatic rings. The van der Waals surface area contributed by atoms with Crippen LogP contribution in [0, 0.1) is 0 Å². The molecule has 1 aliphatic heterocycles. The number of aliphatic hydroxyl groups excluding tert-OH is 2. The third-order valence-corrected chi connectivity index (χ3v) is 6.48. The molecule has 2 N–H and O–H groups in total. The molecule has 1 saturated heterocycles. The molecule has 0 saturated carbocycles. The van der Waals surface area contributed by atoms with Gasteiger partial charge in [0.15, 0.2) is 0 Å². The van der Waals surface area contributed by atoms with Crippen molar-refractivity contribution in [2.24, 2.45) is 0 Å². The number of hydrogen-bond donors (Lipinski definition) is 2. The average Bonchev–Trinajstić information content (AvgIpc) is 2.47. The average molecular weight is 387 g/mol. The highest BCUT2D eigenvalue weighted by atomic mass is 32.2. The van der Waals surface area contributed by atoms with Crippen molar-refractivity contribution >= 4 is 56.6 Å². The van der Waals surface area contributed by atoms with E-state index in [9.17, 15) is 10.2 Å². The zero-order chi connectivity index (χ0) is 16.9. The Morgan fingerprint density at radius 1 is 0.864 bits per heavy atom. The molecule has 4 atom stereocenters. The van der Waals surface area contributed by atoms with Gasteiger partial charge in [0.2, 0.25) is 0 Å². The van der Waals surface area contributed by atoms with Crippen LogP contribution in [-0.4, -0.2) is 93.1 Å². The number of thioether (sulfide) groups is 2. The predicted molar refractivity (Wildman–Crippen MR) is 99.2 cm³/mol. The Morgan fingerprint density at radius 2 is 1.18 bits per heavy atom. The molecule has 0 aromatic heterocycles. The van der Waals surface area contributed by atoms with Crippen LogP contribution in [0.25, 0.3) is 0 Å². The Kier molecular flexibility index (Phi) is 8.86. The number of rotatable bonds is 4.